The van der Waals surface area contributed by atoms with Crippen molar-refractivity contribution < 1.29 is 19.0 Å². The first-order valence-electron chi connectivity index (χ1n) is 6.84. The van der Waals surface area contributed by atoms with E-state index in [1.165, 1.54) is 6.07 Å². The van der Waals surface area contributed by atoms with Crippen LogP contribution in [0.4, 0.5) is 4.39 Å². The van der Waals surface area contributed by atoms with Gasteiger partial charge >= 0.3 is 5.97 Å². The molecule has 0 heterocycles. The van der Waals surface area contributed by atoms with Gasteiger partial charge in [0.25, 0.3) is 0 Å². The topological polar surface area (TPSA) is 72.5 Å². The molecule has 2 unspecified atom stereocenters. The predicted octanol–water partition coefficient (Wildman–Crippen LogP) is 2.49. The molecule has 2 atom stereocenters. The van der Waals surface area contributed by atoms with Gasteiger partial charge in [0.05, 0.1) is 6.61 Å². The number of carbonyl (C=O) groups is 1. The second-order valence-electron chi connectivity index (χ2n) is 5.48. The van der Waals surface area contributed by atoms with Crippen molar-refractivity contribution in [2.45, 2.75) is 38.1 Å². The van der Waals surface area contributed by atoms with Crippen LogP contribution >= 0.6 is 0 Å². The van der Waals surface area contributed by atoms with E-state index in [0.717, 1.165) is 12.8 Å². The monoisotopic (exact) mass is 281 g/mol. The average molecular weight is 281 g/mol. The lowest BCUT2D eigenvalue weighted by Gasteiger charge is -2.26. The maximum Gasteiger partial charge on any atom is 0.323 e. The van der Waals surface area contributed by atoms with Gasteiger partial charge < -0.3 is 15.6 Å². The quantitative estimate of drug-likeness (QED) is 0.869. The van der Waals surface area contributed by atoms with Crippen LogP contribution in [0.15, 0.2) is 18.2 Å². The van der Waals surface area contributed by atoms with Crippen LogP contribution in [0.25, 0.3) is 0 Å². The largest absolute Gasteiger partial charge is 0.494 e. The summed E-state index contributed by atoms with van der Waals surface area (Å²) in [6.45, 7) is 2.07. The molecule has 2 rings (SSSR count). The number of hydrogen-bond donors (Lipinski definition) is 2. The van der Waals surface area contributed by atoms with Crippen LogP contribution in [0.2, 0.25) is 0 Å². The minimum absolute atomic E-state index is 0.0680. The summed E-state index contributed by atoms with van der Waals surface area (Å²) in [6.07, 6.45) is 2.76. The third-order valence-corrected chi connectivity index (χ3v) is 4.13. The molecule has 5 heteroatoms. The lowest BCUT2D eigenvalue weighted by molar-refractivity contribution is -0.144. The van der Waals surface area contributed by atoms with Crippen molar-refractivity contribution in [2.75, 3.05) is 6.61 Å². The minimum atomic E-state index is -1.12. The third kappa shape index (κ3) is 2.93. The van der Waals surface area contributed by atoms with E-state index >= 15 is 0 Å². The number of benzene rings is 1. The maximum atomic E-state index is 13.1. The van der Waals surface area contributed by atoms with E-state index in [1.807, 2.05) is 0 Å². The van der Waals surface area contributed by atoms with E-state index in [2.05, 4.69) is 0 Å². The second kappa shape index (κ2) is 5.79. The van der Waals surface area contributed by atoms with Crippen LogP contribution in [0, 0.1) is 18.7 Å². The number of carboxylic acids is 1. The number of aryl methyl sites for hydroxylation is 1. The molecule has 0 spiro atoms. The van der Waals surface area contributed by atoms with Crippen LogP contribution in [-0.4, -0.2) is 23.2 Å². The third-order valence-electron chi connectivity index (χ3n) is 4.13. The molecule has 0 aromatic heterocycles. The van der Waals surface area contributed by atoms with Gasteiger partial charge in [0.1, 0.15) is 17.1 Å². The molecule has 20 heavy (non-hydrogen) atoms. The zero-order valence-corrected chi connectivity index (χ0v) is 11.6. The smallest absolute Gasteiger partial charge is 0.323 e. The Labute approximate surface area is 117 Å². The Morgan fingerprint density at radius 1 is 1.60 bits per heavy atom. The van der Waals surface area contributed by atoms with Crippen molar-refractivity contribution in [3.05, 3.63) is 29.6 Å². The fourth-order valence-corrected chi connectivity index (χ4v) is 2.81. The zero-order chi connectivity index (χ0) is 14.8. The molecular formula is C15H20FNO3. The van der Waals surface area contributed by atoms with Gasteiger partial charge in [-0.25, -0.2) is 4.39 Å². The number of nitrogens with two attached hydrogens (primary N) is 1. The highest BCUT2D eigenvalue weighted by Crippen LogP contribution is 2.36. The fourth-order valence-electron chi connectivity index (χ4n) is 2.81. The van der Waals surface area contributed by atoms with E-state index in [9.17, 15) is 14.3 Å². The van der Waals surface area contributed by atoms with Crippen molar-refractivity contribution in [3.8, 4) is 5.75 Å². The predicted molar refractivity (Wildman–Crippen MR) is 73.1 cm³/mol. The van der Waals surface area contributed by atoms with Crippen LogP contribution in [0.5, 0.6) is 5.75 Å². The molecule has 4 nitrogen and oxygen atoms in total. The van der Waals surface area contributed by atoms with E-state index in [-0.39, 0.29) is 11.7 Å². The highest BCUT2D eigenvalue weighted by atomic mass is 19.1. The van der Waals surface area contributed by atoms with Gasteiger partial charge in [-0.2, -0.15) is 0 Å². The maximum absolute atomic E-state index is 13.1. The van der Waals surface area contributed by atoms with Gasteiger partial charge in [0.15, 0.2) is 0 Å². The second-order valence-corrected chi connectivity index (χ2v) is 5.48. The normalized spacial score (nSPS) is 25.6. The molecule has 0 radical (unpaired) electrons. The minimum Gasteiger partial charge on any atom is -0.494 e. The molecule has 1 aromatic rings. The van der Waals surface area contributed by atoms with Crippen molar-refractivity contribution in [2.24, 2.45) is 11.7 Å². The summed E-state index contributed by atoms with van der Waals surface area (Å²) in [5, 5.41) is 9.22. The van der Waals surface area contributed by atoms with Gasteiger partial charge in [0.2, 0.25) is 0 Å². The van der Waals surface area contributed by atoms with Crippen molar-refractivity contribution >= 4 is 5.97 Å². The first kappa shape index (κ1) is 14.8. The van der Waals surface area contributed by atoms with Crippen LogP contribution in [-0.2, 0) is 4.79 Å². The first-order chi connectivity index (χ1) is 9.43. The summed E-state index contributed by atoms with van der Waals surface area (Å²) < 4.78 is 18.7. The summed E-state index contributed by atoms with van der Waals surface area (Å²) in [5.74, 6) is -0.668. The van der Waals surface area contributed by atoms with E-state index in [0.29, 0.717) is 30.8 Å². The van der Waals surface area contributed by atoms with Gasteiger partial charge in [-0.15, -0.1) is 0 Å². The van der Waals surface area contributed by atoms with Gasteiger partial charge in [0, 0.05) is 0 Å². The number of hydrogen-bond acceptors (Lipinski definition) is 3. The highest BCUT2D eigenvalue weighted by molar-refractivity contribution is 5.79. The number of halogens is 1. The van der Waals surface area contributed by atoms with Crippen LogP contribution in [0.1, 0.15) is 31.2 Å². The SMILES string of the molecule is Cc1cc(OCCC2CCCC2(N)C(=O)O)ccc1F. The molecule has 110 valence electrons. The Hall–Kier alpha value is -1.62. The number of rotatable bonds is 5. The molecule has 1 saturated carbocycles. The van der Waals surface area contributed by atoms with Crippen molar-refractivity contribution in [1.29, 1.82) is 0 Å². The fraction of sp³-hybridized carbons (Fsp3) is 0.533. The zero-order valence-electron chi connectivity index (χ0n) is 11.6. The van der Waals surface area contributed by atoms with Crippen molar-refractivity contribution in [1.82, 2.24) is 0 Å². The number of aliphatic carboxylic acids is 1. The van der Waals surface area contributed by atoms with Crippen LogP contribution in [0.3, 0.4) is 0 Å². The summed E-state index contributed by atoms with van der Waals surface area (Å²) >= 11 is 0. The molecule has 0 aliphatic heterocycles. The first-order valence-corrected chi connectivity index (χ1v) is 6.84. The lowest BCUT2D eigenvalue weighted by Crippen LogP contribution is -2.51. The van der Waals surface area contributed by atoms with E-state index < -0.39 is 11.5 Å². The Kier molecular flexibility index (Phi) is 4.28. The van der Waals surface area contributed by atoms with Crippen LogP contribution < -0.4 is 10.5 Å². The Bertz CT molecular complexity index is 506. The lowest BCUT2D eigenvalue weighted by atomic mass is 9.86. The van der Waals surface area contributed by atoms with E-state index in [1.54, 1.807) is 19.1 Å². The Balaban J connectivity index is 1.89. The van der Waals surface area contributed by atoms with Gasteiger partial charge in [-0.1, -0.05) is 6.42 Å². The molecule has 0 saturated heterocycles. The number of carboxylic acid groups (broad SMARTS) is 1. The standard InChI is InChI=1S/C15H20FNO3/c1-10-9-12(4-5-13(10)16)20-8-6-11-3-2-7-15(11,17)14(18)19/h4-5,9,11H,2-3,6-8,17H2,1H3,(H,18,19). The molecule has 1 aliphatic rings. The van der Waals surface area contributed by atoms with Gasteiger partial charge in [-0.05, 0) is 55.9 Å². The molecule has 0 bridgehead atoms. The molecule has 1 aromatic carbocycles. The van der Waals surface area contributed by atoms with E-state index in [4.69, 9.17) is 10.5 Å². The molecule has 0 amide bonds. The summed E-state index contributed by atoms with van der Waals surface area (Å²) in [5.41, 5.74) is 5.37. The molecular weight excluding hydrogens is 261 g/mol. The summed E-state index contributed by atoms with van der Waals surface area (Å²) in [4.78, 5) is 11.2. The summed E-state index contributed by atoms with van der Waals surface area (Å²) in [7, 11) is 0. The highest BCUT2D eigenvalue weighted by Gasteiger charge is 2.45. The summed E-state index contributed by atoms with van der Waals surface area (Å²) in [6, 6.07) is 4.57. The van der Waals surface area contributed by atoms with Crippen molar-refractivity contribution in [3.63, 3.8) is 0 Å². The number of ether oxygens (including phenoxy) is 1. The molecule has 3 N–H and O–H groups in total. The molecule has 1 aliphatic carbocycles. The Morgan fingerprint density at radius 3 is 3.00 bits per heavy atom. The average Bonchev–Trinajstić information content (AvgIpc) is 2.77. The Morgan fingerprint density at radius 2 is 2.35 bits per heavy atom. The molecule has 1 fully saturated rings. The van der Waals surface area contributed by atoms with Gasteiger partial charge in [-0.3, -0.25) is 4.79 Å².